The molecule has 1 heterocycles. The van der Waals surface area contributed by atoms with Crippen LogP contribution in [0.1, 0.15) is 10.4 Å². The zero-order valence-electron chi connectivity index (χ0n) is 10.8. The van der Waals surface area contributed by atoms with Crippen molar-refractivity contribution >= 4 is 40.5 Å². The van der Waals surface area contributed by atoms with E-state index in [-0.39, 0.29) is 18.0 Å². The van der Waals surface area contributed by atoms with E-state index in [2.05, 4.69) is 5.32 Å². The molecule has 5 nitrogen and oxygen atoms in total. The quantitative estimate of drug-likeness (QED) is 0.894. The third kappa shape index (κ3) is 2.43. The van der Waals surface area contributed by atoms with Crippen LogP contribution in [0.25, 0.3) is 0 Å². The van der Waals surface area contributed by atoms with E-state index in [9.17, 15) is 9.59 Å². The predicted molar refractivity (Wildman–Crippen MR) is 80.5 cm³/mol. The lowest BCUT2D eigenvalue weighted by molar-refractivity contribution is -0.115. The summed E-state index contributed by atoms with van der Waals surface area (Å²) in [6.07, 6.45) is 0. The van der Waals surface area contributed by atoms with Gasteiger partial charge < -0.3 is 15.3 Å². The number of nitrogens with zero attached hydrogens (tertiary/aromatic N) is 1. The molecule has 2 aromatic rings. The zero-order chi connectivity index (χ0) is 15.0. The SMILES string of the molecule is O=C1CN(c2ccc(C(=O)O)cc2Cl)c2ccccc2N1. The van der Waals surface area contributed by atoms with Gasteiger partial charge in [0.1, 0.15) is 6.54 Å². The number of halogens is 1. The van der Waals surface area contributed by atoms with E-state index in [1.807, 2.05) is 18.2 Å². The second kappa shape index (κ2) is 5.10. The van der Waals surface area contributed by atoms with Gasteiger partial charge in [0, 0.05) is 0 Å². The third-order valence-corrected chi connectivity index (χ3v) is 3.56. The first-order chi connectivity index (χ1) is 10.1. The van der Waals surface area contributed by atoms with Crippen LogP contribution < -0.4 is 10.2 Å². The molecule has 0 aliphatic carbocycles. The summed E-state index contributed by atoms with van der Waals surface area (Å²) >= 11 is 6.18. The van der Waals surface area contributed by atoms with Crippen LogP contribution in [0, 0.1) is 0 Å². The summed E-state index contributed by atoms with van der Waals surface area (Å²) in [6.45, 7) is 0.128. The van der Waals surface area contributed by atoms with Crippen molar-refractivity contribution in [2.45, 2.75) is 0 Å². The second-order valence-electron chi connectivity index (χ2n) is 4.62. The van der Waals surface area contributed by atoms with Crippen molar-refractivity contribution in [3.05, 3.63) is 53.1 Å². The monoisotopic (exact) mass is 302 g/mol. The van der Waals surface area contributed by atoms with Crippen molar-refractivity contribution in [3.63, 3.8) is 0 Å². The Balaban J connectivity index is 2.09. The normalized spacial score (nSPS) is 13.6. The summed E-state index contributed by atoms with van der Waals surface area (Å²) in [5.41, 5.74) is 2.23. The first-order valence-corrected chi connectivity index (χ1v) is 6.63. The number of fused-ring (bicyclic) bond motifs is 1. The van der Waals surface area contributed by atoms with Gasteiger partial charge in [0.15, 0.2) is 0 Å². The lowest BCUT2D eigenvalue weighted by Crippen LogP contribution is -2.35. The number of carbonyl (C=O) groups excluding carboxylic acids is 1. The first kappa shape index (κ1) is 13.5. The van der Waals surface area contributed by atoms with E-state index >= 15 is 0 Å². The average molecular weight is 303 g/mol. The molecule has 2 aromatic carbocycles. The van der Waals surface area contributed by atoms with Crippen LogP contribution in [-0.4, -0.2) is 23.5 Å². The zero-order valence-corrected chi connectivity index (χ0v) is 11.6. The van der Waals surface area contributed by atoms with E-state index in [0.29, 0.717) is 16.4 Å². The molecule has 0 saturated heterocycles. The minimum absolute atomic E-state index is 0.110. The van der Waals surface area contributed by atoms with Gasteiger partial charge in [0.25, 0.3) is 0 Å². The van der Waals surface area contributed by atoms with Crippen molar-refractivity contribution in [1.82, 2.24) is 0 Å². The molecule has 0 spiro atoms. The summed E-state index contributed by atoms with van der Waals surface area (Å²) in [5, 5.41) is 12.1. The molecule has 2 N–H and O–H groups in total. The molecule has 0 radical (unpaired) electrons. The molecule has 0 fully saturated rings. The highest BCUT2D eigenvalue weighted by molar-refractivity contribution is 6.34. The van der Waals surface area contributed by atoms with Crippen molar-refractivity contribution in [3.8, 4) is 0 Å². The molecule has 6 heteroatoms. The van der Waals surface area contributed by atoms with Crippen LogP contribution in [0.4, 0.5) is 17.1 Å². The Kier molecular flexibility index (Phi) is 3.27. The van der Waals surface area contributed by atoms with Gasteiger partial charge >= 0.3 is 5.97 Å². The van der Waals surface area contributed by atoms with Crippen LogP contribution in [0.5, 0.6) is 0 Å². The smallest absolute Gasteiger partial charge is 0.335 e. The maximum Gasteiger partial charge on any atom is 0.335 e. The average Bonchev–Trinajstić information content (AvgIpc) is 2.46. The minimum Gasteiger partial charge on any atom is -0.478 e. The van der Waals surface area contributed by atoms with Gasteiger partial charge in [-0.1, -0.05) is 23.7 Å². The van der Waals surface area contributed by atoms with Crippen molar-refractivity contribution in [2.75, 3.05) is 16.8 Å². The van der Waals surface area contributed by atoms with Crippen molar-refractivity contribution in [1.29, 1.82) is 0 Å². The Morgan fingerprint density at radius 2 is 1.95 bits per heavy atom. The Bertz CT molecular complexity index is 745. The number of amides is 1. The molecule has 106 valence electrons. The molecule has 1 aliphatic rings. The number of benzene rings is 2. The van der Waals surface area contributed by atoms with Crippen LogP contribution in [0.2, 0.25) is 5.02 Å². The number of nitrogens with one attached hydrogen (secondary N) is 1. The van der Waals surface area contributed by atoms with Crippen LogP contribution in [0.3, 0.4) is 0 Å². The van der Waals surface area contributed by atoms with E-state index in [1.54, 1.807) is 17.0 Å². The number of para-hydroxylation sites is 2. The minimum atomic E-state index is -1.04. The maximum atomic E-state index is 11.8. The molecule has 0 saturated carbocycles. The molecule has 1 aliphatic heterocycles. The molecular formula is C15H11ClN2O3. The second-order valence-corrected chi connectivity index (χ2v) is 5.03. The number of hydrogen-bond acceptors (Lipinski definition) is 3. The van der Waals surface area contributed by atoms with Crippen molar-refractivity contribution in [2.24, 2.45) is 0 Å². The predicted octanol–water partition coefficient (Wildman–Crippen LogP) is 3.13. The van der Waals surface area contributed by atoms with Gasteiger partial charge in [0.2, 0.25) is 5.91 Å². The number of hydrogen-bond donors (Lipinski definition) is 2. The molecule has 0 bridgehead atoms. The summed E-state index contributed by atoms with van der Waals surface area (Å²) < 4.78 is 0. The van der Waals surface area contributed by atoms with Gasteiger partial charge in [-0.05, 0) is 30.3 Å². The van der Waals surface area contributed by atoms with Gasteiger partial charge in [-0.3, -0.25) is 4.79 Å². The number of carbonyl (C=O) groups is 2. The number of anilines is 3. The van der Waals surface area contributed by atoms with E-state index in [0.717, 1.165) is 5.69 Å². The lowest BCUT2D eigenvalue weighted by atomic mass is 10.1. The Morgan fingerprint density at radius 1 is 1.19 bits per heavy atom. The molecule has 3 rings (SSSR count). The fraction of sp³-hybridized carbons (Fsp3) is 0.0667. The Labute approximate surface area is 125 Å². The molecule has 0 aromatic heterocycles. The fourth-order valence-electron chi connectivity index (χ4n) is 2.31. The standard InChI is InChI=1S/C15H11ClN2O3/c16-10-7-9(15(20)21)5-6-12(10)18-8-14(19)17-11-3-1-2-4-13(11)18/h1-7H,8H2,(H,17,19)(H,20,21). The van der Waals surface area contributed by atoms with E-state index in [4.69, 9.17) is 16.7 Å². The van der Waals surface area contributed by atoms with Crippen LogP contribution >= 0.6 is 11.6 Å². The van der Waals surface area contributed by atoms with Crippen LogP contribution in [-0.2, 0) is 4.79 Å². The van der Waals surface area contributed by atoms with Crippen LogP contribution in [0.15, 0.2) is 42.5 Å². The van der Waals surface area contributed by atoms with Crippen molar-refractivity contribution < 1.29 is 14.7 Å². The molecular weight excluding hydrogens is 292 g/mol. The summed E-state index contributed by atoms with van der Waals surface area (Å²) in [7, 11) is 0. The third-order valence-electron chi connectivity index (χ3n) is 3.26. The molecule has 21 heavy (non-hydrogen) atoms. The highest BCUT2D eigenvalue weighted by Gasteiger charge is 2.24. The summed E-state index contributed by atoms with van der Waals surface area (Å²) in [6, 6.07) is 11.8. The molecule has 1 amide bonds. The maximum absolute atomic E-state index is 11.8. The summed E-state index contributed by atoms with van der Waals surface area (Å²) in [5.74, 6) is -1.19. The number of rotatable bonds is 2. The number of aromatic carboxylic acids is 1. The molecule has 0 atom stereocenters. The number of carboxylic acid groups (broad SMARTS) is 1. The van der Waals surface area contributed by atoms with E-state index in [1.165, 1.54) is 12.1 Å². The fourth-order valence-corrected chi connectivity index (χ4v) is 2.59. The van der Waals surface area contributed by atoms with Gasteiger partial charge in [-0.2, -0.15) is 0 Å². The lowest BCUT2D eigenvalue weighted by Gasteiger charge is -2.31. The van der Waals surface area contributed by atoms with Gasteiger partial charge in [-0.25, -0.2) is 4.79 Å². The first-order valence-electron chi connectivity index (χ1n) is 6.25. The van der Waals surface area contributed by atoms with Gasteiger partial charge in [-0.15, -0.1) is 0 Å². The highest BCUT2D eigenvalue weighted by Crippen LogP contribution is 2.38. The Morgan fingerprint density at radius 3 is 2.67 bits per heavy atom. The number of carboxylic acids is 1. The summed E-state index contributed by atoms with van der Waals surface area (Å²) in [4.78, 5) is 24.5. The topological polar surface area (TPSA) is 69.6 Å². The largest absolute Gasteiger partial charge is 0.478 e. The van der Waals surface area contributed by atoms with Gasteiger partial charge in [0.05, 0.1) is 27.6 Å². The Hall–Kier alpha value is -2.53. The van der Waals surface area contributed by atoms with E-state index < -0.39 is 5.97 Å². The highest BCUT2D eigenvalue weighted by atomic mass is 35.5. The molecule has 0 unspecified atom stereocenters.